The van der Waals surface area contributed by atoms with Crippen LogP contribution < -0.4 is 10.6 Å². The van der Waals surface area contributed by atoms with Gasteiger partial charge >= 0.3 is 0 Å². The zero-order chi connectivity index (χ0) is 14.4. The van der Waals surface area contributed by atoms with Crippen molar-refractivity contribution in [1.29, 1.82) is 0 Å². The molecule has 1 rings (SSSR count). The van der Waals surface area contributed by atoms with Crippen molar-refractivity contribution in [2.45, 2.75) is 38.7 Å². The lowest BCUT2D eigenvalue weighted by molar-refractivity contribution is -0.123. The van der Waals surface area contributed by atoms with Gasteiger partial charge in [0.1, 0.15) is 6.04 Å². The summed E-state index contributed by atoms with van der Waals surface area (Å²) in [5.74, 6) is -0.0528. The highest BCUT2D eigenvalue weighted by Crippen LogP contribution is 2.07. The topological polar surface area (TPSA) is 58.2 Å². The first kappa shape index (κ1) is 15.5. The van der Waals surface area contributed by atoms with E-state index < -0.39 is 6.04 Å². The highest BCUT2D eigenvalue weighted by atomic mass is 35.5. The number of carbonyl (C=O) groups excluding carboxylic acids is 2. The maximum absolute atomic E-state index is 11.9. The molecule has 0 fully saturated rings. The van der Waals surface area contributed by atoms with Crippen molar-refractivity contribution in [1.82, 2.24) is 10.6 Å². The first-order valence-corrected chi connectivity index (χ1v) is 6.73. The van der Waals surface area contributed by atoms with Crippen LogP contribution in [0.4, 0.5) is 0 Å². The molecule has 19 heavy (non-hydrogen) atoms. The summed E-state index contributed by atoms with van der Waals surface area (Å²) in [5.41, 5.74) is 1.46. The fraction of sp³-hybridized carbons (Fsp3) is 0.429. The fourth-order valence-electron chi connectivity index (χ4n) is 1.50. The van der Waals surface area contributed by atoms with E-state index in [1.165, 1.54) is 0 Å². The number of hydrogen-bond acceptors (Lipinski definition) is 2. The minimum atomic E-state index is -0.567. The number of carbonyl (C=O) groups is 2. The van der Waals surface area contributed by atoms with Gasteiger partial charge in [-0.3, -0.25) is 9.59 Å². The van der Waals surface area contributed by atoms with Gasteiger partial charge in [-0.2, -0.15) is 0 Å². The van der Waals surface area contributed by atoms with Gasteiger partial charge in [0.25, 0.3) is 5.91 Å². The highest BCUT2D eigenvalue weighted by Gasteiger charge is 2.16. The lowest BCUT2D eigenvalue weighted by atomic mass is 10.1. The number of rotatable bonds is 5. The van der Waals surface area contributed by atoms with Crippen LogP contribution in [0.25, 0.3) is 0 Å². The third kappa shape index (κ3) is 4.91. The Hall–Kier alpha value is -1.55. The Morgan fingerprint density at radius 2 is 1.68 bits per heavy atom. The molecule has 5 heteroatoms. The number of nitrogens with one attached hydrogen (secondary N) is 2. The molecule has 1 atom stereocenters. The van der Waals surface area contributed by atoms with E-state index in [9.17, 15) is 9.59 Å². The van der Waals surface area contributed by atoms with Gasteiger partial charge in [0, 0.05) is 17.5 Å². The summed E-state index contributed by atoms with van der Waals surface area (Å²) in [6.07, 6.45) is 0. The number of hydrogen-bond donors (Lipinski definition) is 2. The minimum Gasteiger partial charge on any atom is -0.352 e. The molecule has 104 valence electrons. The van der Waals surface area contributed by atoms with Crippen LogP contribution >= 0.6 is 11.6 Å². The molecule has 2 amide bonds. The summed E-state index contributed by atoms with van der Waals surface area (Å²) >= 11 is 5.68. The third-order valence-electron chi connectivity index (χ3n) is 2.54. The van der Waals surface area contributed by atoms with E-state index in [1.54, 1.807) is 31.2 Å². The molecular weight excluding hydrogens is 264 g/mol. The second kappa shape index (κ2) is 7.14. The molecule has 0 aromatic heterocycles. The summed E-state index contributed by atoms with van der Waals surface area (Å²) < 4.78 is 0. The van der Waals surface area contributed by atoms with Crippen LogP contribution in [0, 0.1) is 0 Å². The van der Waals surface area contributed by atoms with Crippen LogP contribution in [0.15, 0.2) is 24.3 Å². The molecule has 1 unspecified atom stereocenters. The molecule has 0 aliphatic heterocycles. The van der Waals surface area contributed by atoms with Gasteiger partial charge in [-0.25, -0.2) is 0 Å². The normalized spacial score (nSPS) is 12.1. The van der Waals surface area contributed by atoms with E-state index >= 15 is 0 Å². The Morgan fingerprint density at radius 1 is 1.11 bits per heavy atom. The quantitative estimate of drug-likeness (QED) is 0.812. The van der Waals surface area contributed by atoms with Gasteiger partial charge in [0.15, 0.2) is 0 Å². The molecule has 0 aliphatic carbocycles. The van der Waals surface area contributed by atoms with Crippen molar-refractivity contribution in [3.63, 3.8) is 0 Å². The minimum absolute atomic E-state index is 0.0508. The second-order valence-electron chi connectivity index (χ2n) is 4.69. The standard InChI is InChI=1S/C14H19ClN2O2/c1-9(2)16-13(18)10(3)17-14(19)12-6-4-11(8-15)5-7-12/h4-7,9-10H,8H2,1-3H3,(H,16,18)(H,17,19). The third-order valence-corrected chi connectivity index (χ3v) is 2.85. The second-order valence-corrected chi connectivity index (χ2v) is 4.96. The predicted molar refractivity (Wildman–Crippen MR) is 76.2 cm³/mol. The summed E-state index contributed by atoms with van der Waals surface area (Å²) in [6.45, 7) is 5.40. The Kier molecular flexibility index (Phi) is 5.83. The summed E-state index contributed by atoms with van der Waals surface area (Å²) in [5, 5.41) is 5.40. The zero-order valence-electron chi connectivity index (χ0n) is 11.4. The zero-order valence-corrected chi connectivity index (χ0v) is 12.1. The maximum Gasteiger partial charge on any atom is 0.251 e. The summed E-state index contributed by atoms with van der Waals surface area (Å²) in [6, 6.07) is 6.46. The van der Waals surface area contributed by atoms with Crippen LogP contribution in [0.2, 0.25) is 0 Å². The molecular formula is C14H19ClN2O2. The Balaban J connectivity index is 2.60. The van der Waals surface area contributed by atoms with E-state index in [4.69, 9.17) is 11.6 Å². The van der Waals surface area contributed by atoms with Gasteiger partial charge in [-0.15, -0.1) is 11.6 Å². The first-order chi connectivity index (χ1) is 8.93. The van der Waals surface area contributed by atoms with E-state index in [2.05, 4.69) is 10.6 Å². The van der Waals surface area contributed by atoms with Gasteiger partial charge in [-0.05, 0) is 38.5 Å². The van der Waals surface area contributed by atoms with E-state index in [0.29, 0.717) is 11.4 Å². The molecule has 0 saturated carbocycles. The lowest BCUT2D eigenvalue weighted by Crippen LogP contribution is -2.46. The van der Waals surface area contributed by atoms with Gasteiger partial charge in [-0.1, -0.05) is 12.1 Å². The monoisotopic (exact) mass is 282 g/mol. The van der Waals surface area contributed by atoms with Crippen LogP contribution in [-0.2, 0) is 10.7 Å². The van der Waals surface area contributed by atoms with Crippen molar-refractivity contribution in [3.05, 3.63) is 35.4 Å². The molecule has 1 aromatic carbocycles. The number of halogens is 1. The van der Waals surface area contributed by atoms with Crippen LogP contribution in [0.1, 0.15) is 36.7 Å². The van der Waals surface area contributed by atoms with Crippen LogP contribution in [-0.4, -0.2) is 23.9 Å². The molecule has 0 bridgehead atoms. The molecule has 1 aromatic rings. The fourth-order valence-corrected chi connectivity index (χ4v) is 1.68. The van der Waals surface area contributed by atoms with Crippen LogP contribution in [0.5, 0.6) is 0 Å². The summed E-state index contributed by atoms with van der Waals surface area (Å²) in [7, 11) is 0. The Morgan fingerprint density at radius 3 is 2.16 bits per heavy atom. The average Bonchev–Trinajstić information content (AvgIpc) is 2.37. The van der Waals surface area contributed by atoms with Crippen molar-refractivity contribution in [3.8, 4) is 0 Å². The molecule has 0 saturated heterocycles. The van der Waals surface area contributed by atoms with E-state index in [-0.39, 0.29) is 17.9 Å². The first-order valence-electron chi connectivity index (χ1n) is 6.20. The molecule has 0 spiro atoms. The maximum atomic E-state index is 11.9. The van der Waals surface area contributed by atoms with Crippen LogP contribution in [0.3, 0.4) is 0 Å². The number of benzene rings is 1. The van der Waals surface area contributed by atoms with Gasteiger partial charge in [0.2, 0.25) is 5.91 Å². The van der Waals surface area contributed by atoms with Crippen molar-refractivity contribution >= 4 is 23.4 Å². The molecule has 0 heterocycles. The van der Waals surface area contributed by atoms with Gasteiger partial charge < -0.3 is 10.6 Å². The Bertz CT molecular complexity index is 443. The number of amides is 2. The predicted octanol–water partition coefficient (Wildman–Crippen LogP) is 2.07. The molecule has 2 N–H and O–H groups in total. The molecule has 0 aliphatic rings. The lowest BCUT2D eigenvalue weighted by Gasteiger charge is -2.16. The largest absolute Gasteiger partial charge is 0.352 e. The van der Waals surface area contributed by atoms with Crippen molar-refractivity contribution in [2.24, 2.45) is 0 Å². The molecule has 4 nitrogen and oxygen atoms in total. The smallest absolute Gasteiger partial charge is 0.251 e. The van der Waals surface area contributed by atoms with Crippen molar-refractivity contribution in [2.75, 3.05) is 0 Å². The van der Waals surface area contributed by atoms with Gasteiger partial charge in [0.05, 0.1) is 0 Å². The number of alkyl halides is 1. The van der Waals surface area contributed by atoms with E-state index in [1.807, 2.05) is 13.8 Å². The SMILES string of the molecule is CC(C)NC(=O)C(C)NC(=O)c1ccc(CCl)cc1. The van der Waals surface area contributed by atoms with Crippen molar-refractivity contribution < 1.29 is 9.59 Å². The summed E-state index contributed by atoms with van der Waals surface area (Å²) in [4.78, 5) is 23.6. The molecule has 0 radical (unpaired) electrons. The Labute approximate surface area is 118 Å². The highest BCUT2D eigenvalue weighted by molar-refractivity contribution is 6.17. The average molecular weight is 283 g/mol. The van der Waals surface area contributed by atoms with E-state index in [0.717, 1.165) is 5.56 Å².